The highest BCUT2D eigenvalue weighted by Crippen LogP contribution is 2.29. The van der Waals surface area contributed by atoms with Crippen LogP contribution in [0.15, 0.2) is 12.1 Å². The van der Waals surface area contributed by atoms with Crippen molar-refractivity contribution in [3.8, 4) is 5.75 Å². The SMILES string of the molecule is O=C([O-])CCC(=O)Oc1c(I)cc(I)cc1I. The van der Waals surface area contributed by atoms with E-state index in [1.165, 1.54) is 0 Å². The summed E-state index contributed by atoms with van der Waals surface area (Å²) in [6.45, 7) is 0. The Bertz CT molecular complexity index is 436. The number of rotatable bonds is 4. The molecule has 0 amide bonds. The molecule has 0 spiro atoms. The molecule has 1 aromatic carbocycles. The molecule has 1 aromatic rings. The van der Waals surface area contributed by atoms with E-state index < -0.39 is 11.9 Å². The van der Waals surface area contributed by atoms with Crippen molar-refractivity contribution in [1.82, 2.24) is 0 Å². The Morgan fingerprint density at radius 2 is 1.65 bits per heavy atom. The summed E-state index contributed by atoms with van der Waals surface area (Å²) in [7, 11) is 0. The number of carbonyl (C=O) groups is 2. The number of carbonyl (C=O) groups excluding carboxylic acids is 2. The van der Waals surface area contributed by atoms with E-state index >= 15 is 0 Å². The zero-order valence-corrected chi connectivity index (χ0v) is 14.8. The molecule has 0 aromatic heterocycles. The molecule has 0 radical (unpaired) electrons. The number of halogens is 3. The number of hydrogen-bond donors (Lipinski definition) is 0. The van der Waals surface area contributed by atoms with E-state index in [4.69, 9.17) is 4.74 Å². The van der Waals surface area contributed by atoms with Crippen molar-refractivity contribution in [3.63, 3.8) is 0 Å². The second kappa shape index (κ2) is 7.07. The number of carboxylic acid groups (broad SMARTS) is 1. The Hall–Kier alpha value is 0.350. The summed E-state index contributed by atoms with van der Waals surface area (Å²) in [5, 5.41) is 10.2. The first-order valence-electron chi connectivity index (χ1n) is 4.45. The van der Waals surface area contributed by atoms with Gasteiger partial charge in [0.25, 0.3) is 0 Å². The standard InChI is InChI=1S/C10H7I3O4/c11-5-3-6(12)10(7(13)4-5)17-9(16)2-1-8(14)15/h3-4H,1-2H2,(H,14,15)/p-1. The van der Waals surface area contributed by atoms with Gasteiger partial charge in [0.15, 0.2) is 5.75 Å². The molecular weight excluding hydrogens is 565 g/mol. The topological polar surface area (TPSA) is 66.4 Å². The van der Waals surface area contributed by atoms with Crippen LogP contribution in [0.3, 0.4) is 0 Å². The summed E-state index contributed by atoms with van der Waals surface area (Å²) in [5.41, 5.74) is 0. The van der Waals surface area contributed by atoms with Gasteiger partial charge >= 0.3 is 5.97 Å². The average molecular weight is 571 g/mol. The lowest BCUT2D eigenvalue weighted by Gasteiger charge is -2.09. The minimum Gasteiger partial charge on any atom is -0.550 e. The van der Waals surface area contributed by atoms with Crippen LogP contribution in [0, 0.1) is 10.7 Å². The van der Waals surface area contributed by atoms with Crippen LogP contribution in [0.4, 0.5) is 0 Å². The zero-order valence-electron chi connectivity index (χ0n) is 8.34. The quantitative estimate of drug-likeness (QED) is 0.315. The van der Waals surface area contributed by atoms with Crippen molar-refractivity contribution in [2.24, 2.45) is 0 Å². The molecule has 0 fully saturated rings. The van der Waals surface area contributed by atoms with Crippen molar-refractivity contribution in [2.75, 3.05) is 0 Å². The Morgan fingerprint density at radius 3 is 2.12 bits per heavy atom. The van der Waals surface area contributed by atoms with E-state index in [-0.39, 0.29) is 12.8 Å². The first-order valence-corrected chi connectivity index (χ1v) is 7.69. The second-order valence-electron chi connectivity index (χ2n) is 3.04. The maximum atomic E-state index is 11.4. The molecule has 4 nitrogen and oxygen atoms in total. The average Bonchev–Trinajstić information content (AvgIpc) is 2.20. The minimum absolute atomic E-state index is 0.180. The highest BCUT2D eigenvalue weighted by Gasteiger charge is 2.12. The third kappa shape index (κ3) is 5.24. The zero-order chi connectivity index (χ0) is 13.0. The summed E-state index contributed by atoms with van der Waals surface area (Å²) in [5.74, 6) is -1.34. The van der Waals surface area contributed by atoms with Crippen LogP contribution in [-0.4, -0.2) is 11.9 Å². The molecule has 0 heterocycles. The normalized spacial score (nSPS) is 10.1. The van der Waals surface area contributed by atoms with Crippen molar-refractivity contribution >= 4 is 79.7 Å². The number of hydrogen-bond acceptors (Lipinski definition) is 4. The van der Waals surface area contributed by atoms with Gasteiger partial charge < -0.3 is 14.6 Å². The molecule has 1 rings (SSSR count). The van der Waals surface area contributed by atoms with Crippen molar-refractivity contribution in [3.05, 3.63) is 22.8 Å². The van der Waals surface area contributed by atoms with Crippen molar-refractivity contribution in [1.29, 1.82) is 0 Å². The Morgan fingerprint density at radius 1 is 1.12 bits per heavy atom. The summed E-state index contributed by atoms with van der Waals surface area (Å²) in [4.78, 5) is 21.6. The highest BCUT2D eigenvalue weighted by atomic mass is 127. The molecule has 0 aliphatic carbocycles. The molecule has 0 saturated heterocycles. The molecule has 0 bridgehead atoms. The predicted octanol–water partition coefficient (Wildman–Crippen LogP) is 1.94. The van der Waals surface area contributed by atoms with Crippen LogP contribution in [0.25, 0.3) is 0 Å². The molecule has 17 heavy (non-hydrogen) atoms. The van der Waals surface area contributed by atoms with E-state index in [1.807, 2.05) is 12.1 Å². The maximum absolute atomic E-state index is 11.4. The lowest BCUT2D eigenvalue weighted by Crippen LogP contribution is -2.23. The van der Waals surface area contributed by atoms with E-state index in [0.29, 0.717) is 5.75 Å². The Balaban J connectivity index is 2.75. The van der Waals surface area contributed by atoms with Crippen molar-refractivity contribution in [2.45, 2.75) is 12.8 Å². The van der Waals surface area contributed by atoms with E-state index in [2.05, 4.69) is 67.8 Å². The second-order valence-corrected chi connectivity index (χ2v) is 6.61. The van der Waals surface area contributed by atoms with Crippen LogP contribution in [0.5, 0.6) is 5.75 Å². The summed E-state index contributed by atoms with van der Waals surface area (Å²) >= 11 is 6.31. The van der Waals surface area contributed by atoms with Gasteiger partial charge in [-0.25, -0.2) is 0 Å². The maximum Gasteiger partial charge on any atom is 0.311 e. The number of aliphatic carboxylic acids is 1. The Kier molecular flexibility index (Phi) is 6.40. The van der Waals surface area contributed by atoms with Crippen LogP contribution in [-0.2, 0) is 9.59 Å². The van der Waals surface area contributed by atoms with E-state index in [0.717, 1.165) is 10.7 Å². The first-order chi connectivity index (χ1) is 7.90. The molecular formula is C10H6I3O4-. The number of esters is 1. The minimum atomic E-state index is -1.26. The lowest BCUT2D eigenvalue weighted by atomic mass is 10.3. The van der Waals surface area contributed by atoms with E-state index in [9.17, 15) is 14.7 Å². The highest BCUT2D eigenvalue weighted by molar-refractivity contribution is 14.1. The monoisotopic (exact) mass is 571 g/mol. The Labute approximate surface area is 139 Å². The van der Waals surface area contributed by atoms with Crippen molar-refractivity contribution < 1.29 is 19.4 Å². The summed E-state index contributed by atoms with van der Waals surface area (Å²) in [6, 6.07) is 3.76. The first kappa shape index (κ1) is 15.4. The fourth-order valence-electron chi connectivity index (χ4n) is 0.995. The van der Waals surface area contributed by atoms with Crippen LogP contribution in [0.1, 0.15) is 12.8 Å². The number of carboxylic acids is 1. The molecule has 0 N–H and O–H groups in total. The number of ether oxygens (including phenoxy) is 1. The third-order valence-electron chi connectivity index (χ3n) is 1.71. The summed E-state index contributed by atoms with van der Waals surface area (Å²) in [6.07, 6.45) is -0.503. The van der Waals surface area contributed by atoms with Gasteiger partial charge in [-0.2, -0.15) is 0 Å². The van der Waals surface area contributed by atoms with Crippen LogP contribution < -0.4 is 9.84 Å². The predicted molar refractivity (Wildman–Crippen MR) is 84.5 cm³/mol. The van der Waals surface area contributed by atoms with Gasteiger partial charge in [-0.15, -0.1) is 0 Å². The van der Waals surface area contributed by atoms with Gasteiger partial charge in [0, 0.05) is 9.54 Å². The van der Waals surface area contributed by atoms with Crippen LogP contribution in [0.2, 0.25) is 0 Å². The summed E-state index contributed by atoms with van der Waals surface area (Å²) < 4.78 is 7.82. The largest absolute Gasteiger partial charge is 0.550 e. The molecule has 0 atom stereocenters. The van der Waals surface area contributed by atoms with Gasteiger partial charge in [-0.05, 0) is 86.3 Å². The van der Waals surface area contributed by atoms with Gasteiger partial charge in [0.1, 0.15) is 0 Å². The third-order valence-corrected chi connectivity index (χ3v) is 3.94. The van der Waals surface area contributed by atoms with Gasteiger partial charge in [-0.1, -0.05) is 0 Å². The molecule has 0 aliphatic rings. The molecule has 0 saturated carbocycles. The van der Waals surface area contributed by atoms with Gasteiger partial charge in [-0.3, -0.25) is 4.79 Å². The molecule has 0 aliphatic heterocycles. The lowest BCUT2D eigenvalue weighted by molar-refractivity contribution is -0.305. The molecule has 7 heteroatoms. The fourth-order valence-corrected chi connectivity index (χ4v) is 4.80. The van der Waals surface area contributed by atoms with Crippen LogP contribution >= 0.6 is 67.8 Å². The molecule has 92 valence electrons. The number of benzene rings is 1. The van der Waals surface area contributed by atoms with E-state index in [1.54, 1.807) is 0 Å². The molecule has 0 unspecified atom stereocenters. The van der Waals surface area contributed by atoms with Gasteiger partial charge in [0.2, 0.25) is 0 Å². The van der Waals surface area contributed by atoms with Gasteiger partial charge in [0.05, 0.1) is 13.6 Å². The fraction of sp³-hybridized carbons (Fsp3) is 0.200. The smallest absolute Gasteiger partial charge is 0.311 e.